The Kier molecular flexibility index (Phi) is 8.16. The highest BCUT2D eigenvalue weighted by atomic mass is 19.4. The molecule has 2 atom stereocenters. The number of alkyl halides is 3. The van der Waals surface area contributed by atoms with Gasteiger partial charge in [-0.1, -0.05) is 18.1 Å². The van der Waals surface area contributed by atoms with Crippen LogP contribution in [-0.4, -0.2) is 23.8 Å². The zero-order valence-electron chi connectivity index (χ0n) is 16.7. The Morgan fingerprint density at radius 1 is 1.07 bits per heavy atom. The van der Waals surface area contributed by atoms with E-state index in [0.717, 1.165) is 17.7 Å². The molecule has 2 unspecified atom stereocenters. The Bertz CT molecular complexity index is 878. The largest absolute Gasteiger partial charge is 0.493 e. The van der Waals surface area contributed by atoms with Crippen LogP contribution in [0.1, 0.15) is 43.7 Å². The van der Waals surface area contributed by atoms with Gasteiger partial charge in [-0.3, -0.25) is 4.79 Å². The van der Waals surface area contributed by atoms with Gasteiger partial charge in [0.1, 0.15) is 11.5 Å². The van der Waals surface area contributed by atoms with Crippen molar-refractivity contribution in [2.45, 2.75) is 44.9 Å². The highest BCUT2D eigenvalue weighted by Gasteiger charge is 2.30. The predicted molar refractivity (Wildman–Crippen MR) is 107 cm³/mol. The van der Waals surface area contributed by atoms with E-state index in [9.17, 15) is 18.0 Å². The molecule has 2 aromatic carbocycles. The van der Waals surface area contributed by atoms with Gasteiger partial charge in [-0.05, 0) is 55.8 Å². The number of carbonyl (C=O) groups is 1. The molecule has 0 aliphatic rings. The highest BCUT2D eigenvalue weighted by molar-refractivity contribution is 5.69. The summed E-state index contributed by atoms with van der Waals surface area (Å²) in [7, 11) is 0. The number of aliphatic carboxylic acids is 1. The third kappa shape index (κ3) is 7.36. The fraction of sp³-hybridized carbons (Fsp3) is 0.348. The Morgan fingerprint density at radius 3 is 2.20 bits per heavy atom. The monoisotopic (exact) mass is 420 g/mol. The number of rotatable bonds is 9. The van der Waals surface area contributed by atoms with Gasteiger partial charge in [-0.2, -0.15) is 13.2 Å². The van der Waals surface area contributed by atoms with Crippen molar-refractivity contribution in [2.75, 3.05) is 6.61 Å². The fourth-order valence-electron chi connectivity index (χ4n) is 2.75. The molecule has 160 valence electrons. The molecule has 2 aromatic rings. The zero-order valence-corrected chi connectivity index (χ0v) is 16.7. The van der Waals surface area contributed by atoms with Crippen LogP contribution in [0.2, 0.25) is 0 Å². The van der Waals surface area contributed by atoms with Crippen LogP contribution in [0.25, 0.3) is 0 Å². The summed E-state index contributed by atoms with van der Waals surface area (Å²) in [6.07, 6.45) is -4.16. The molecule has 4 nitrogen and oxygen atoms in total. The third-order valence-corrected chi connectivity index (χ3v) is 4.29. The number of carboxylic acid groups (broad SMARTS) is 1. The quantitative estimate of drug-likeness (QED) is 0.543. The number of benzene rings is 2. The summed E-state index contributed by atoms with van der Waals surface area (Å²) >= 11 is 0. The summed E-state index contributed by atoms with van der Waals surface area (Å²) < 4.78 is 49.0. The first-order valence-electron chi connectivity index (χ1n) is 9.39. The van der Waals surface area contributed by atoms with Crippen molar-refractivity contribution in [3.63, 3.8) is 0 Å². The maximum Gasteiger partial charge on any atom is 0.416 e. The molecule has 2 rings (SSSR count). The van der Waals surface area contributed by atoms with Crippen LogP contribution in [0.5, 0.6) is 11.5 Å². The molecule has 0 amide bonds. The number of hydrogen-bond acceptors (Lipinski definition) is 3. The van der Waals surface area contributed by atoms with Crippen LogP contribution in [0, 0.1) is 11.8 Å². The van der Waals surface area contributed by atoms with Crippen molar-refractivity contribution >= 4 is 5.97 Å². The van der Waals surface area contributed by atoms with E-state index in [1.165, 1.54) is 12.1 Å². The lowest BCUT2D eigenvalue weighted by Gasteiger charge is -2.16. The van der Waals surface area contributed by atoms with Gasteiger partial charge in [0.05, 0.1) is 30.6 Å². The van der Waals surface area contributed by atoms with Gasteiger partial charge < -0.3 is 14.6 Å². The van der Waals surface area contributed by atoms with Crippen LogP contribution < -0.4 is 9.47 Å². The lowest BCUT2D eigenvalue weighted by molar-refractivity contribution is -0.138. The number of ether oxygens (including phenoxy) is 2. The van der Waals surface area contributed by atoms with Gasteiger partial charge >= 0.3 is 12.1 Å². The van der Waals surface area contributed by atoms with Crippen LogP contribution in [0.4, 0.5) is 13.2 Å². The first-order chi connectivity index (χ1) is 14.2. The van der Waals surface area contributed by atoms with E-state index in [0.29, 0.717) is 24.5 Å². The van der Waals surface area contributed by atoms with E-state index in [1.54, 1.807) is 31.2 Å². The number of halogens is 3. The molecule has 0 aliphatic carbocycles. The summed E-state index contributed by atoms with van der Waals surface area (Å²) in [5.74, 6) is 5.34. The molecule has 1 N–H and O–H groups in total. The average molecular weight is 420 g/mol. The first-order valence-corrected chi connectivity index (χ1v) is 9.39. The summed E-state index contributed by atoms with van der Waals surface area (Å²) in [4.78, 5) is 11.0. The topological polar surface area (TPSA) is 55.8 Å². The maximum absolute atomic E-state index is 12.6. The summed E-state index contributed by atoms with van der Waals surface area (Å²) in [5.41, 5.74) is 0.0860. The van der Waals surface area contributed by atoms with Crippen molar-refractivity contribution in [2.24, 2.45) is 0 Å². The Balaban J connectivity index is 1.83. The second-order valence-electron chi connectivity index (χ2n) is 6.70. The second kappa shape index (κ2) is 10.6. The summed E-state index contributed by atoms with van der Waals surface area (Å²) in [6.45, 7) is 3.83. The van der Waals surface area contributed by atoms with Gasteiger partial charge in [0.2, 0.25) is 0 Å². The lowest BCUT2D eigenvalue weighted by atomic mass is 9.96. The molecule has 0 radical (unpaired) electrons. The van der Waals surface area contributed by atoms with Crippen molar-refractivity contribution in [3.05, 3.63) is 59.7 Å². The first kappa shape index (κ1) is 23.1. The fourth-order valence-corrected chi connectivity index (χ4v) is 2.75. The van der Waals surface area contributed by atoms with Gasteiger partial charge in [-0.15, -0.1) is 5.92 Å². The van der Waals surface area contributed by atoms with Gasteiger partial charge in [0.15, 0.2) is 0 Å². The molecule has 0 saturated heterocycles. The minimum atomic E-state index is -4.37. The van der Waals surface area contributed by atoms with Gasteiger partial charge in [0, 0.05) is 6.42 Å². The van der Waals surface area contributed by atoms with E-state index in [-0.39, 0.29) is 18.4 Å². The van der Waals surface area contributed by atoms with Crippen LogP contribution >= 0.6 is 0 Å². The molecule has 0 aromatic heterocycles. The van der Waals surface area contributed by atoms with Crippen LogP contribution in [-0.2, 0) is 11.0 Å². The zero-order chi connectivity index (χ0) is 22.1. The normalized spacial score (nSPS) is 13.0. The molecule has 0 saturated carbocycles. The van der Waals surface area contributed by atoms with E-state index in [2.05, 4.69) is 11.8 Å². The van der Waals surface area contributed by atoms with Crippen LogP contribution in [0.15, 0.2) is 48.5 Å². The van der Waals surface area contributed by atoms with E-state index in [4.69, 9.17) is 14.6 Å². The smallest absolute Gasteiger partial charge is 0.416 e. The van der Waals surface area contributed by atoms with E-state index < -0.39 is 17.7 Å². The number of hydrogen-bond donors (Lipinski definition) is 1. The predicted octanol–water partition coefficient (Wildman–Crippen LogP) is 5.52. The number of carboxylic acids is 1. The average Bonchev–Trinajstić information content (AvgIpc) is 2.67. The summed E-state index contributed by atoms with van der Waals surface area (Å²) in [5, 5.41) is 9.00. The third-order valence-electron chi connectivity index (χ3n) is 4.29. The molecule has 0 spiro atoms. The van der Waals surface area contributed by atoms with E-state index >= 15 is 0 Å². The van der Waals surface area contributed by atoms with Gasteiger partial charge in [-0.25, -0.2) is 0 Å². The molecule has 30 heavy (non-hydrogen) atoms. The second-order valence-corrected chi connectivity index (χ2v) is 6.70. The standard InChI is InChI=1S/C23H23F3O4/c1-3-4-18(15-22(27)28)17-5-9-20(10-6-17)29-14-13-16(2)30-21-11-7-19(8-12-21)23(24,25)26/h5-12,16,18H,13-15H2,1-2H3,(H,27,28). The molecule has 0 aliphatic heterocycles. The molecule has 7 heteroatoms. The highest BCUT2D eigenvalue weighted by Crippen LogP contribution is 2.30. The lowest BCUT2D eigenvalue weighted by Crippen LogP contribution is -2.16. The molecular weight excluding hydrogens is 397 g/mol. The van der Waals surface area contributed by atoms with E-state index in [1.807, 2.05) is 6.92 Å². The van der Waals surface area contributed by atoms with Crippen molar-refractivity contribution in [3.8, 4) is 23.3 Å². The van der Waals surface area contributed by atoms with Crippen LogP contribution in [0.3, 0.4) is 0 Å². The summed E-state index contributed by atoms with van der Waals surface area (Å²) in [6, 6.07) is 11.6. The maximum atomic E-state index is 12.6. The Morgan fingerprint density at radius 2 is 1.67 bits per heavy atom. The molecular formula is C23H23F3O4. The minimum Gasteiger partial charge on any atom is -0.493 e. The van der Waals surface area contributed by atoms with Crippen molar-refractivity contribution < 1.29 is 32.5 Å². The Labute approximate surface area is 173 Å². The van der Waals surface area contributed by atoms with Crippen molar-refractivity contribution in [1.29, 1.82) is 0 Å². The van der Waals surface area contributed by atoms with Crippen molar-refractivity contribution in [1.82, 2.24) is 0 Å². The Hall–Kier alpha value is -3.14. The molecule has 0 bridgehead atoms. The minimum absolute atomic E-state index is 0.0696. The molecule has 0 heterocycles. The van der Waals surface area contributed by atoms with Gasteiger partial charge in [0.25, 0.3) is 0 Å². The SMILES string of the molecule is CC#CC(CC(=O)O)c1ccc(OCCC(C)Oc2ccc(C(F)(F)F)cc2)cc1. The molecule has 0 fully saturated rings.